The fraction of sp³-hybridized carbons (Fsp3) is 0.857. The number of hydrogen-bond acceptors (Lipinski definition) is 3. The second-order valence-electron chi connectivity index (χ2n) is 6.11. The monoisotopic (exact) mass is 284 g/mol. The van der Waals surface area contributed by atoms with Crippen LogP contribution in [0.5, 0.6) is 0 Å². The van der Waals surface area contributed by atoms with Crippen molar-refractivity contribution >= 4 is 12.0 Å². The predicted molar refractivity (Wildman–Crippen MR) is 73.4 cm³/mol. The molecule has 0 saturated carbocycles. The number of carboxylic acid groups (broad SMARTS) is 1. The van der Waals surface area contributed by atoms with Gasteiger partial charge in [0.2, 0.25) is 0 Å². The molecule has 0 aromatic rings. The van der Waals surface area contributed by atoms with Crippen LogP contribution >= 0.6 is 0 Å². The summed E-state index contributed by atoms with van der Waals surface area (Å²) in [5.41, 5.74) is 0. The van der Waals surface area contributed by atoms with Crippen LogP contribution in [0, 0.1) is 17.8 Å². The predicted octanol–water partition coefficient (Wildman–Crippen LogP) is 1.16. The summed E-state index contributed by atoms with van der Waals surface area (Å²) in [5, 5.41) is 11.9. The molecule has 0 radical (unpaired) electrons. The number of carbonyl (C=O) groups is 2. The van der Waals surface area contributed by atoms with E-state index in [1.165, 1.54) is 0 Å². The number of amides is 2. The van der Waals surface area contributed by atoms with Gasteiger partial charge in [0.15, 0.2) is 0 Å². The van der Waals surface area contributed by atoms with Gasteiger partial charge in [0.1, 0.15) is 5.92 Å². The summed E-state index contributed by atoms with van der Waals surface area (Å²) in [6.45, 7) is 6.39. The number of nitrogens with one attached hydrogen (secondary N) is 1. The Morgan fingerprint density at radius 3 is 2.45 bits per heavy atom. The standard InChI is InChI=1S/C14H24N2O4/c1-9(2)10-3-5-16(6-4-10)14(19)15-12-8-20-7-11(12)13(17)18/h9-12H,3-8H2,1-2H3,(H,15,19)(H,17,18). The van der Waals surface area contributed by atoms with Crippen LogP contribution in [-0.4, -0.2) is 54.4 Å². The van der Waals surface area contributed by atoms with Crippen LogP contribution in [0.15, 0.2) is 0 Å². The van der Waals surface area contributed by atoms with Crippen LogP contribution in [-0.2, 0) is 9.53 Å². The van der Waals surface area contributed by atoms with Gasteiger partial charge >= 0.3 is 12.0 Å². The van der Waals surface area contributed by atoms with E-state index in [2.05, 4.69) is 19.2 Å². The first-order chi connectivity index (χ1) is 9.49. The summed E-state index contributed by atoms with van der Waals surface area (Å²) in [6.07, 6.45) is 2.04. The van der Waals surface area contributed by atoms with E-state index in [9.17, 15) is 9.59 Å². The molecular weight excluding hydrogens is 260 g/mol. The van der Waals surface area contributed by atoms with E-state index in [0.29, 0.717) is 11.8 Å². The Kier molecular flexibility index (Phi) is 4.86. The third kappa shape index (κ3) is 3.42. The molecule has 2 heterocycles. The Morgan fingerprint density at radius 1 is 1.25 bits per heavy atom. The molecule has 6 nitrogen and oxygen atoms in total. The Morgan fingerprint density at radius 2 is 1.90 bits per heavy atom. The highest BCUT2D eigenvalue weighted by Gasteiger charge is 2.36. The van der Waals surface area contributed by atoms with Crippen molar-refractivity contribution in [1.29, 1.82) is 0 Å². The fourth-order valence-corrected chi connectivity index (χ4v) is 2.96. The third-order valence-corrected chi connectivity index (χ3v) is 4.48. The zero-order valence-corrected chi connectivity index (χ0v) is 12.2. The van der Waals surface area contributed by atoms with Crippen molar-refractivity contribution in [1.82, 2.24) is 10.2 Å². The molecule has 2 N–H and O–H groups in total. The number of piperidine rings is 1. The van der Waals surface area contributed by atoms with E-state index in [1.807, 2.05) is 0 Å². The Bertz CT molecular complexity index is 364. The van der Waals surface area contributed by atoms with Crippen molar-refractivity contribution < 1.29 is 19.4 Å². The minimum atomic E-state index is -0.911. The topological polar surface area (TPSA) is 78.9 Å². The number of likely N-dealkylation sites (tertiary alicyclic amines) is 1. The highest BCUT2D eigenvalue weighted by atomic mass is 16.5. The van der Waals surface area contributed by atoms with Gasteiger partial charge in [-0.05, 0) is 24.7 Å². The van der Waals surface area contributed by atoms with Gasteiger partial charge in [0, 0.05) is 13.1 Å². The second kappa shape index (κ2) is 6.43. The normalized spacial score (nSPS) is 27.9. The van der Waals surface area contributed by atoms with Gasteiger partial charge in [0.25, 0.3) is 0 Å². The molecule has 2 atom stereocenters. The zero-order valence-electron chi connectivity index (χ0n) is 12.2. The van der Waals surface area contributed by atoms with Gasteiger partial charge in [-0.1, -0.05) is 13.8 Å². The SMILES string of the molecule is CC(C)C1CCN(C(=O)NC2COCC2C(=O)O)CC1. The molecule has 6 heteroatoms. The lowest BCUT2D eigenvalue weighted by Gasteiger charge is -2.34. The number of rotatable bonds is 3. The average Bonchev–Trinajstić information content (AvgIpc) is 2.87. The summed E-state index contributed by atoms with van der Waals surface area (Å²) in [6, 6.07) is -0.572. The largest absolute Gasteiger partial charge is 0.481 e. The molecule has 2 rings (SSSR count). The van der Waals surface area contributed by atoms with Crippen LogP contribution < -0.4 is 5.32 Å². The molecule has 0 aliphatic carbocycles. The molecule has 0 spiro atoms. The molecule has 0 aromatic carbocycles. The number of carbonyl (C=O) groups excluding carboxylic acids is 1. The number of aliphatic carboxylic acids is 1. The number of urea groups is 1. The number of ether oxygens (including phenoxy) is 1. The highest BCUT2D eigenvalue weighted by Crippen LogP contribution is 2.24. The Balaban J connectivity index is 1.82. The third-order valence-electron chi connectivity index (χ3n) is 4.48. The summed E-state index contributed by atoms with van der Waals surface area (Å²) in [7, 11) is 0. The molecule has 2 unspecified atom stereocenters. The Hall–Kier alpha value is -1.30. The van der Waals surface area contributed by atoms with Gasteiger partial charge < -0.3 is 20.1 Å². The quantitative estimate of drug-likeness (QED) is 0.815. The van der Waals surface area contributed by atoms with Crippen molar-refractivity contribution in [2.75, 3.05) is 26.3 Å². The summed E-state index contributed by atoms with van der Waals surface area (Å²) in [5.74, 6) is -0.209. The first kappa shape index (κ1) is 15.1. The van der Waals surface area contributed by atoms with Crippen LogP contribution in [0.2, 0.25) is 0 Å². The van der Waals surface area contributed by atoms with Crippen LogP contribution in [0.3, 0.4) is 0 Å². The molecule has 20 heavy (non-hydrogen) atoms. The molecule has 2 fully saturated rings. The van der Waals surface area contributed by atoms with E-state index < -0.39 is 17.9 Å². The average molecular weight is 284 g/mol. The van der Waals surface area contributed by atoms with Gasteiger partial charge in [0.05, 0.1) is 19.3 Å². The smallest absolute Gasteiger partial charge is 0.317 e. The molecule has 0 aromatic heterocycles. The molecule has 2 amide bonds. The molecule has 0 bridgehead atoms. The lowest BCUT2D eigenvalue weighted by atomic mass is 9.87. The van der Waals surface area contributed by atoms with Crippen molar-refractivity contribution in [2.24, 2.45) is 17.8 Å². The minimum absolute atomic E-state index is 0.158. The van der Waals surface area contributed by atoms with Gasteiger partial charge in [-0.25, -0.2) is 4.79 Å². The van der Waals surface area contributed by atoms with Crippen molar-refractivity contribution in [3.63, 3.8) is 0 Å². The van der Waals surface area contributed by atoms with Crippen LogP contribution in [0.4, 0.5) is 4.79 Å². The number of hydrogen-bond donors (Lipinski definition) is 2. The molecular formula is C14H24N2O4. The first-order valence-electron chi connectivity index (χ1n) is 7.35. The second-order valence-corrected chi connectivity index (χ2v) is 6.11. The number of nitrogens with zero attached hydrogens (tertiary/aromatic N) is 1. The van der Waals surface area contributed by atoms with Gasteiger partial charge in [-0.15, -0.1) is 0 Å². The zero-order chi connectivity index (χ0) is 14.7. The van der Waals surface area contributed by atoms with Gasteiger partial charge in [-0.2, -0.15) is 0 Å². The molecule has 2 aliphatic rings. The maximum Gasteiger partial charge on any atom is 0.317 e. The summed E-state index contributed by atoms with van der Waals surface area (Å²) < 4.78 is 5.15. The maximum absolute atomic E-state index is 12.2. The molecule has 2 aliphatic heterocycles. The summed E-state index contributed by atoms with van der Waals surface area (Å²) in [4.78, 5) is 25.0. The van der Waals surface area contributed by atoms with Crippen molar-refractivity contribution in [2.45, 2.75) is 32.7 Å². The maximum atomic E-state index is 12.2. The van der Waals surface area contributed by atoms with E-state index >= 15 is 0 Å². The number of carboxylic acids is 1. The van der Waals surface area contributed by atoms with Crippen LogP contribution in [0.1, 0.15) is 26.7 Å². The van der Waals surface area contributed by atoms with E-state index in [0.717, 1.165) is 25.9 Å². The lowest BCUT2D eigenvalue weighted by molar-refractivity contribution is -0.142. The van der Waals surface area contributed by atoms with Gasteiger partial charge in [-0.3, -0.25) is 4.79 Å². The summed E-state index contributed by atoms with van der Waals surface area (Å²) >= 11 is 0. The van der Waals surface area contributed by atoms with Crippen LogP contribution in [0.25, 0.3) is 0 Å². The Labute approximate surface area is 119 Å². The molecule has 2 saturated heterocycles. The lowest BCUT2D eigenvalue weighted by Crippen LogP contribution is -2.51. The van der Waals surface area contributed by atoms with E-state index in [-0.39, 0.29) is 19.2 Å². The first-order valence-corrected chi connectivity index (χ1v) is 7.35. The van der Waals surface area contributed by atoms with E-state index in [1.54, 1.807) is 4.90 Å². The van der Waals surface area contributed by atoms with Crippen molar-refractivity contribution in [3.05, 3.63) is 0 Å². The minimum Gasteiger partial charge on any atom is -0.481 e. The van der Waals surface area contributed by atoms with E-state index in [4.69, 9.17) is 9.84 Å². The highest BCUT2D eigenvalue weighted by molar-refractivity contribution is 5.77. The van der Waals surface area contributed by atoms with Crippen molar-refractivity contribution in [3.8, 4) is 0 Å². The fourth-order valence-electron chi connectivity index (χ4n) is 2.96. The molecule has 114 valence electrons.